The number of nitrogens with zero attached hydrogens (tertiary/aromatic N) is 5. The number of aromatic nitrogens is 2. The van der Waals surface area contributed by atoms with E-state index in [0.29, 0.717) is 19.1 Å². The van der Waals surface area contributed by atoms with Crippen molar-refractivity contribution in [2.24, 2.45) is 0 Å². The van der Waals surface area contributed by atoms with E-state index in [9.17, 15) is 9.59 Å². The molecule has 2 aliphatic heterocycles. The molecule has 1 aromatic heterocycles. The lowest BCUT2D eigenvalue weighted by molar-refractivity contribution is -0.120. The summed E-state index contributed by atoms with van der Waals surface area (Å²) >= 11 is 0. The molecule has 0 aliphatic carbocycles. The number of anilines is 1. The maximum atomic E-state index is 12.2. The van der Waals surface area contributed by atoms with Crippen molar-refractivity contribution in [3.63, 3.8) is 0 Å². The fourth-order valence-corrected chi connectivity index (χ4v) is 7.12. The second kappa shape index (κ2) is 16.1. The van der Waals surface area contributed by atoms with Gasteiger partial charge in [-0.2, -0.15) is 0 Å². The van der Waals surface area contributed by atoms with Crippen molar-refractivity contribution in [2.75, 3.05) is 44.2 Å². The quantitative estimate of drug-likeness (QED) is 0.252. The van der Waals surface area contributed by atoms with Gasteiger partial charge in [-0.15, -0.1) is 0 Å². The number of hydrogen-bond donors (Lipinski definition) is 3. The van der Waals surface area contributed by atoms with Crippen LogP contribution in [0.2, 0.25) is 0 Å². The zero-order chi connectivity index (χ0) is 34.1. The Morgan fingerprint density at radius 3 is 2.17 bits per heavy atom. The molecule has 0 saturated carbocycles. The van der Waals surface area contributed by atoms with Gasteiger partial charge in [-0.25, -0.2) is 14.8 Å². The van der Waals surface area contributed by atoms with Gasteiger partial charge < -0.3 is 25.8 Å². The van der Waals surface area contributed by atoms with Crippen LogP contribution in [0.15, 0.2) is 67.5 Å². The molecule has 5 rings (SSSR count). The van der Waals surface area contributed by atoms with Gasteiger partial charge in [-0.05, 0) is 76.6 Å². The van der Waals surface area contributed by atoms with Crippen LogP contribution in [0.5, 0.6) is 0 Å². The molecular formula is C38H52N8O2. The molecule has 3 aromatic rings. The smallest absolute Gasteiger partial charge is 0.315 e. The van der Waals surface area contributed by atoms with Crippen molar-refractivity contribution in [1.82, 2.24) is 35.7 Å². The van der Waals surface area contributed by atoms with E-state index in [0.717, 1.165) is 86.6 Å². The molecule has 2 aliphatic rings. The molecule has 256 valence electrons. The van der Waals surface area contributed by atoms with E-state index in [4.69, 9.17) is 0 Å². The van der Waals surface area contributed by atoms with Gasteiger partial charge in [0, 0.05) is 74.3 Å². The first kappa shape index (κ1) is 34.9. The highest BCUT2D eigenvalue weighted by atomic mass is 16.2. The van der Waals surface area contributed by atoms with Crippen LogP contribution in [0, 0.1) is 13.8 Å². The molecule has 2 saturated heterocycles. The normalized spacial score (nSPS) is 16.6. The largest absolute Gasteiger partial charge is 0.371 e. The highest BCUT2D eigenvalue weighted by Gasteiger charge is 2.39. The highest BCUT2D eigenvalue weighted by molar-refractivity contribution is 5.83. The zero-order valence-electron chi connectivity index (χ0n) is 29.1. The number of hydrogen-bond acceptors (Lipinski definition) is 7. The van der Waals surface area contributed by atoms with Gasteiger partial charge in [0.2, 0.25) is 5.91 Å². The Morgan fingerprint density at radius 1 is 0.896 bits per heavy atom. The molecule has 2 aromatic carbocycles. The predicted octanol–water partition coefficient (Wildman–Crippen LogP) is 5.03. The Kier molecular flexibility index (Phi) is 11.7. The molecule has 3 heterocycles. The predicted molar refractivity (Wildman–Crippen MR) is 192 cm³/mol. The Labute approximate surface area is 286 Å². The third-order valence-electron chi connectivity index (χ3n) is 10.1. The summed E-state index contributed by atoms with van der Waals surface area (Å²) in [6, 6.07) is 19.3. The van der Waals surface area contributed by atoms with Crippen LogP contribution in [0.3, 0.4) is 0 Å². The summed E-state index contributed by atoms with van der Waals surface area (Å²) in [6.07, 6.45) is 6.06. The molecule has 0 radical (unpaired) electrons. The molecule has 2 fully saturated rings. The van der Waals surface area contributed by atoms with E-state index in [1.807, 2.05) is 20.8 Å². The average molecular weight is 653 g/mol. The number of rotatable bonds is 12. The Balaban J connectivity index is 1.18. The number of likely N-dealkylation sites (tertiary alicyclic amines) is 2. The molecule has 0 spiro atoms. The summed E-state index contributed by atoms with van der Waals surface area (Å²) in [4.78, 5) is 40.4. The number of carbonyl (C=O) groups is 2. The van der Waals surface area contributed by atoms with E-state index in [2.05, 4.69) is 109 Å². The SMILES string of the molecule is C=C(c1c(C)ncnc1C)N1CCC(C)(N2CCC(N(Cc3ccccc3)c3ccc(CNC(=O)CNC(=O)NCC)cc3)CC2)CC1. The number of aryl methyl sites for hydroxylation is 2. The number of urea groups is 1. The summed E-state index contributed by atoms with van der Waals surface area (Å²) < 4.78 is 0. The molecule has 3 N–H and O–H groups in total. The van der Waals surface area contributed by atoms with Crippen LogP contribution >= 0.6 is 0 Å². The fraction of sp³-hybridized carbons (Fsp3) is 0.474. The Hall–Kier alpha value is -4.44. The number of amides is 3. The monoisotopic (exact) mass is 652 g/mol. The van der Waals surface area contributed by atoms with Gasteiger partial charge in [-0.3, -0.25) is 9.69 Å². The summed E-state index contributed by atoms with van der Waals surface area (Å²) in [5, 5.41) is 8.08. The van der Waals surface area contributed by atoms with Gasteiger partial charge in [0.05, 0.1) is 17.9 Å². The number of nitrogens with one attached hydrogen (secondary N) is 3. The highest BCUT2D eigenvalue weighted by Crippen LogP contribution is 2.36. The third kappa shape index (κ3) is 8.72. The fourth-order valence-electron chi connectivity index (χ4n) is 7.12. The number of piperidine rings is 2. The van der Waals surface area contributed by atoms with Gasteiger partial charge in [0.25, 0.3) is 0 Å². The molecule has 0 atom stereocenters. The minimum absolute atomic E-state index is 0.0530. The first-order valence-corrected chi connectivity index (χ1v) is 17.3. The number of carbonyl (C=O) groups excluding carboxylic acids is 2. The minimum atomic E-state index is -0.341. The van der Waals surface area contributed by atoms with E-state index in [1.54, 1.807) is 6.33 Å². The topological polar surface area (TPSA) is 106 Å². The summed E-state index contributed by atoms with van der Waals surface area (Å²) in [7, 11) is 0. The van der Waals surface area contributed by atoms with Crippen molar-refractivity contribution >= 4 is 23.3 Å². The van der Waals surface area contributed by atoms with Gasteiger partial charge >= 0.3 is 6.03 Å². The van der Waals surface area contributed by atoms with Crippen LogP contribution in [0.1, 0.15) is 67.6 Å². The molecule has 10 heteroatoms. The van der Waals surface area contributed by atoms with Crippen molar-refractivity contribution in [1.29, 1.82) is 0 Å². The second-order valence-electron chi connectivity index (χ2n) is 13.3. The van der Waals surface area contributed by atoms with Crippen LogP contribution in [0.4, 0.5) is 10.5 Å². The van der Waals surface area contributed by atoms with E-state index >= 15 is 0 Å². The second-order valence-corrected chi connectivity index (χ2v) is 13.3. The number of benzene rings is 2. The van der Waals surface area contributed by atoms with E-state index in [-0.39, 0.29) is 24.0 Å². The summed E-state index contributed by atoms with van der Waals surface area (Å²) in [5.41, 5.74) is 7.80. The van der Waals surface area contributed by atoms with Gasteiger partial charge in [0.15, 0.2) is 0 Å². The third-order valence-corrected chi connectivity index (χ3v) is 10.1. The average Bonchev–Trinajstić information content (AvgIpc) is 3.10. The van der Waals surface area contributed by atoms with Crippen molar-refractivity contribution in [2.45, 2.75) is 78.0 Å². The van der Waals surface area contributed by atoms with E-state index in [1.165, 1.54) is 11.3 Å². The summed E-state index contributed by atoms with van der Waals surface area (Å²) in [5.74, 6) is -0.219. The van der Waals surface area contributed by atoms with Gasteiger partial charge in [-0.1, -0.05) is 49.0 Å². The van der Waals surface area contributed by atoms with Crippen molar-refractivity contribution < 1.29 is 9.59 Å². The van der Waals surface area contributed by atoms with Crippen LogP contribution < -0.4 is 20.9 Å². The lowest BCUT2D eigenvalue weighted by atomic mass is 9.85. The van der Waals surface area contributed by atoms with Crippen LogP contribution in [0.25, 0.3) is 5.70 Å². The molecule has 0 unspecified atom stereocenters. The molecule has 3 amide bonds. The van der Waals surface area contributed by atoms with Crippen molar-refractivity contribution in [3.05, 3.63) is 95.6 Å². The van der Waals surface area contributed by atoms with Gasteiger partial charge in [0.1, 0.15) is 6.33 Å². The first-order chi connectivity index (χ1) is 23.2. The lowest BCUT2D eigenvalue weighted by Gasteiger charge is -2.51. The standard InChI is InChI=1S/C38H52N8O2/c1-6-39-37(48)41-25-35(47)40-24-31-12-14-33(15-13-31)46(26-32-10-8-7-9-11-32)34-16-20-45(21-17-34)38(5)18-22-44(23-19-38)30(4)36-28(2)42-27-43-29(36)3/h7-15,27,34H,4,6,16-26H2,1-3,5H3,(H,40,47)(H2,39,41,48). The van der Waals surface area contributed by atoms with Crippen LogP contribution in [-0.4, -0.2) is 82.6 Å². The molecule has 10 nitrogen and oxygen atoms in total. The van der Waals surface area contributed by atoms with Crippen molar-refractivity contribution in [3.8, 4) is 0 Å². The van der Waals surface area contributed by atoms with E-state index < -0.39 is 0 Å². The maximum absolute atomic E-state index is 12.2. The summed E-state index contributed by atoms with van der Waals surface area (Å²) in [6.45, 7) is 18.7. The molecule has 0 bridgehead atoms. The van der Waals surface area contributed by atoms with Crippen LogP contribution in [-0.2, 0) is 17.9 Å². The molecule has 48 heavy (non-hydrogen) atoms. The lowest BCUT2D eigenvalue weighted by Crippen LogP contribution is -2.57. The Bertz CT molecular complexity index is 1510. The first-order valence-electron chi connectivity index (χ1n) is 17.3. The minimum Gasteiger partial charge on any atom is -0.371 e. The Morgan fingerprint density at radius 2 is 1.54 bits per heavy atom. The zero-order valence-corrected chi connectivity index (χ0v) is 29.1. The maximum Gasteiger partial charge on any atom is 0.315 e. The molecular weight excluding hydrogens is 600 g/mol.